The van der Waals surface area contributed by atoms with Crippen LogP contribution >= 0.6 is 0 Å². The first-order valence-electron chi connectivity index (χ1n) is 14.2. The van der Waals surface area contributed by atoms with Crippen molar-refractivity contribution in [3.05, 3.63) is 119 Å². The first-order valence-corrected chi connectivity index (χ1v) is 14.2. The summed E-state index contributed by atoms with van der Waals surface area (Å²) in [5, 5.41) is 4.63. The maximum Gasteiger partial charge on any atom is 0.240 e. The lowest BCUT2D eigenvalue weighted by Crippen LogP contribution is -2.11. The molecule has 0 aliphatic rings. The average molecular weight is 545 g/mol. The zero-order valence-electron chi connectivity index (χ0n) is 23.9. The minimum absolute atomic E-state index is 0.558. The van der Waals surface area contributed by atoms with Crippen LogP contribution in [0.4, 0.5) is 0 Å². The summed E-state index contributed by atoms with van der Waals surface area (Å²) in [6, 6.07) is 33.7. The first-order chi connectivity index (χ1) is 20.5. The molecule has 0 saturated heterocycles. The molecule has 0 aliphatic carbocycles. The van der Waals surface area contributed by atoms with Crippen LogP contribution < -0.4 is 0 Å². The van der Waals surface area contributed by atoms with Crippen molar-refractivity contribution in [2.24, 2.45) is 0 Å². The Balaban J connectivity index is 1.52. The van der Waals surface area contributed by atoms with Gasteiger partial charge >= 0.3 is 0 Å². The molecule has 0 amide bonds. The molecule has 0 N–H and O–H groups in total. The van der Waals surface area contributed by atoms with E-state index in [0.717, 1.165) is 60.6 Å². The summed E-state index contributed by atoms with van der Waals surface area (Å²) in [4.78, 5) is 20.5. The van der Waals surface area contributed by atoms with Crippen LogP contribution in [0.25, 0.3) is 67.0 Å². The van der Waals surface area contributed by atoms with E-state index in [1.807, 2.05) is 6.92 Å². The van der Waals surface area contributed by atoms with Crippen molar-refractivity contribution < 1.29 is 0 Å². The molecule has 0 atom stereocenters. The van der Waals surface area contributed by atoms with Crippen molar-refractivity contribution in [2.75, 3.05) is 0 Å². The molecule has 4 heterocycles. The SMILES string of the molecule is Cc1nc(-c2nc(-n3c4ccccc4c4ccccc43)nc(-n3c4ccccc4c4ccccc43)n2)c(C)c(C)c1C. The van der Waals surface area contributed by atoms with Crippen LogP contribution in [-0.2, 0) is 0 Å². The van der Waals surface area contributed by atoms with Crippen LogP contribution in [0.3, 0.4) is 0 Å². The highest BCUT2D eigenvalue weighted by Gasteiger charge is 2.22. The van der Waals surface area contributed by atoms with E-state index in [1.165, 1.54) is 11.1 Å². The maximum atomic E-state index is 5.21. The first kappa shape index (κ1) is 24.4. The van der Waals surface area contributed by atoms with Gasteiger partial charge in [0.15, 0.2) is 5.82 Å². The lowest BCUT2D eigenvalue weighted by Gasteiger charge is -2.15. The van der Waals surface area contributed by atoms with Gasteiger partial charge in [-0.05, 0) is 68.7 Å². The van der Waals surface area contributed by atoms with E-state index in [1.54, 1.807) is 0 Å². The molecule has 0 saturated carbocycles. The smallest absolute Gasteiger partial charge is 0.240 e. The Morgan fingerprint density at radius 3 is 1.19 bits per heavy atom. The van der Waals surface area contributed by atoms with Gasteiger partial charge in [0.25, 0.3) is 0 Å². The number of para-hydroxylation sites is 4. The molecule has 0 unspecified atom stereocenters. The Labute approximate surface area is 243 Å². The number of nitrogens with zero attached hydrogens (tertiary/aromatic N) is 6. The fourth-order valence-corrected chi connectivity index (χ4v) is 6.22. The fraction of sp³-hybridized carbons (Fsp3) is 0.111. The number of benzene rings is 4. The van der Waals surface area contributed by atoms with Crippen molar-refractivity contribution in [3.63, 3.8) is 0 Å². The van der Waals surface area contributed by atoms with Gasteiger partial charge in [0.05, 0.1) is 22.1 Å². The number of aromatic nitrogens is 6. The highest BCUT2D eigenvalue weighted by atomic mass is 15.3. The normalized spacial score (nSPS) is 11.8. The van der Waals surface area contributed by atoms with Gasteiger partial charge in [-0.15, -0.1) is 0 Å². The lowest BCUT2D eigenvalue weighted by molar-refractivity contribution is 0.886. The van der Waals surface area contributed by atoms with Gasteiger partial charge in [-0.25, -0.2) is 4.98 Å². The Bertz CT molecular complexity index is 2120. The molecule has 0 radical (unpaired) electrons. The van der Waals surface area contributed by atoms with Gasteiger partial charge < -0.3 is 0 Å². The van der Waals surface area contributed by atoms with Gasteiger partial charge in [-0.1, -0.05) is 72.8 Å². The summed E-state index contributed by atoms with van der Waals surface area (Å²) in [5.74, 6) is 1.68. The molecular weight excluding hydrogens is 516 g/mol. The fourth-order valence-electron chi connectivity index (χ4n) is 6.22. The maximum absolute atomic E-state index is 5.21. The predicted octanol–water partition coefficient (Wildman–Crippen LogP) is 8.36. The highest BCUT2D eigenvalue weighted by molar-refractivity contribution is 6.10. The second-order valence-corrected chi connectivity index (χ2v) is 10.9. The third kappa shape index (κ3) is 3.45. The van der Waals surface area contributed by atoms with E-state index >= 15 is 0 Å². The standard InChI is InChI=1S/C36H28N6/c1-21-22(2)24(4)37-33(23(21)3)34-38-35(41-29-17-9-5-13-25(29)26-14-6-10-18-30(26)41)40-36(39-34)42-31-19-11-7-15-27(31)28-16-8-12-20-32(28)42/h5-20H,1-4H3. The van der Waals surface area contributed by atoms with E-state index < -0.39 is 0 Å². The van der Waals surface area contributed by atoms with E-state index in [-0.39, 0.29) is 0 Å². The number of hydrogen-bond acceptors (Lipinski definition) is 4. The second kappa shape index (κ2) is 9.08. The summed E-state index contributed by atoms with van der Waals surface area (Å²) in [6.07, 6.45) is 0. The molecule has 4 aromatic carbocycles. The predicted molar refractivity (Wildman–Crippen MR) is 171 cm³/mol. The van der Waals surface area contributed by atoms with E-state index in [0.29, 0.717) is 17.7 Å². The number of fused-ring (bicyclic) bond motifs is 6. The minimum atomic E-state index is 0.558. The lowest BCUT2D eigenvalue weighted by atomic mass is 10.0. The van der Waals surface area contributed by atoms with Crippen LogP contribution in [0, 0.1) is 27.7 Å². The number of rotatable bonds is 3. The van der Waals surface area contributed by atoms with Crippen molar-refractivity contribution in [1.29, 1.82) is 0 Å². The number of hydrogen-bond donors (Lipinski definition) is 0. The third-order valence-corrected chi connectivity index (χ3v) is 8.69. The highest BCUT2D eigenvalue weighted by Crippen LogP contribution is 2.34. The molecule has 6 nitrogen and oxygen atoms in total. The van der Waals surface area contributed by atoms with Gasteiger partial charge in [0, 0.05) is 27.2 Å². The van der Waals surface area contributed by atoms with Crippen molar-refractivity contribution in [1.82, 2.24) is 29.1 Å². The van der Waals surface area contributed by atoms with Gasteiger partial charge in [-0.3, -0.25) is 9.13 Å². The molecule has 8 aromatic rings. The Hall–Kier alpha value is -5.36. The van der Waals surface area contributed by atoms with Gasteiger partial charge in [0.2, 0.25) is 11.9 Å². The summed E-state index contributed by atoms with van der Waals surface area (Å²) < 4.78 is 4.30. The molecule has 6 heteroatoms. The van der Waals surface area contributed by atoms with E-state index in [9.17, 15) is 0 Å². The van der Waals surface area contributed by atoms with E-state index in [4.69, 9.17) is 19.9 Å². The van der Waals surface area contributed by atoms with E-state index in [2.05, 4.69) is 127 Å². The molecule has 8 rings (SSSR count). The summed E-state index contributed by atoms with van der Waals surface area (Å²) in [7, 11) is 0. The summed E-state index contributed by atoms with van der Waals surface area (Å²) in [6.45, 7) is 8.42. The largest absolute Gasteiger partial charge is 0.278 e. The molecule has 0 spiro atoms. The Morgan fingerprint density at radius 1 is 0.405 bits per heavy atom. The Morgan fingerprint density at radius 2 is 0.786 bits per heavy atom. The topological polar surface area (TPSA) is 61.4 Å². The van der Waals surface area contributed by atoms with Crippen LogP contribution in [-0.4, -0.2) is 29.1 Å². The average Bonchev–Trinajstić information content (AvgIpc) is 3.55. The summed E-state index contributed by atoms with van der Waals surface area (Å²) >= 11 is 0. The van der Waals surface area contributed by atoms with Crippen LogP contribution in [0.2, 0.25) is 0 Å². The molecule has 42 heavy (non-hydrogen) atoms. The van der Waals surface area contributed by atoms with Gasteiger partial charge in [-0.2, -0.15) is 15.0 Å². The van der Waals surface area contributed by atoms with Gasteiger partial charge in [0.1, 0.15) is 5.69 Å². The molecular formula is C36H28N6. The van der Waals surface area contributed by atoms with Crippen LogP contribution in [0.5, 0.6) is 0 Å². The quantitative estimate of drug-likeness (QED) is 0.224. The zero-order valence-corrected chi connectivity index (χ0v) is 23.9. The third-order valence-electron chi connectivity index (χ3n) is 8.69. The Kier molecular flexibility index (Phi) is 5.28. The van der Waals surface area contributed by atoms with Crippen molar-refractivity contribution in [2.45, 2.75) is 27.7 Å². The molecule has 0 aliphatic heterocycles. The van der Waals surface area contributed by atoms with Crippen molar-refractivity contribution >= 4 is 43.6 Å². The number of pyridine rings is 1. The molecule has 4 aromatic heterocycles. The minimum Gasteiger partial charge on any atom is -0.278 e. The van der Waals surface area contributed by atoms with Crippen LogP contribution in [0.1, 0.15) is 22.4 Å². The van der Waals surface area contributed by atoms with Crippen molar-refractivity contribution in [3.8, 4) is 23.4 Å². The monoisotopic (exact) mass is 544 g/mol. The molecule has 202 valence electrons. The summed E-state index contributed by atoms with van der Waals surface area (Å²) in [5.41, 5.74) is 9.41. The van der Waals surface area contributed by atoms with Crippen LogP contribution in [0.15, 0.2) is 97.1 Å². The second-order valence-electron chi connectivity index (χ2n) is 10.9. The zero-order chi connectivity index (χ0) is 28.5. The number of aryl methyl sites for hydroxylation is 1. The molecule has 0 fully saturated rings. The molecule has 0 bridgehead atoms.